The summed E-state index contributed by atoms with van der Waals surface area (Å²) >= 11 is 15.2. The Morgan fingerprint density at radius 3 is 2.73 bits per heavy atom. The van der Waals surface area contributed by atoms with Gasteiger partial charge in [0.2, 0.25) is 5.13 Å². The van der Waals surface area contributed by atoms with E-state index < -0.39 is 17.7 Å². The van der Waals surface area contributed by atoms with E-state index in [4.69, 9.17) is 27.9 Å². The second-order valence-electron chi connectivity index (χ2n) is 9.41. The molecule has 4 aromatic rings. The number of ketones is 1. The summed E-state index contributed by atoms with van der Waals surface area (Å²) in [5, 5.41) is 21.3. The van der Waals surface area contributed by atoms with Gasteiger partial charge in [-0.15, -0.1) is 10.2 Å². The third kappa shape index (κ3) is 4.99. The zero-order chi connectivity index (χ0) is 28.0. The molecule has 1 saturated heterocycles. The molecule has 0 bridgehead atoms. The van der Waals surface area contributed by atoms with E-state index in [0.29, 0.717) is 37.7 Å². The molecule has 7 nitrogen and oxygen atoms in total. The molecule has 11 heteroatoms. The lowest BCUT2D eigenvalue weighted by atomic mass is 9.94. The Kier molecular flexibility index (Phi) is 7.31. The second kappa shape index (κ2) is 10.9. The van der Waals surface area contributed by atoms with Crippen LogP contribution in [0.4, 0.5) is 5.13 Å². The van der Waals surface area contributed by atoms with Gasteiger partial charge in [-0.3, -0.25) is 14.5 Å². The molecule has 0 unspecified atom stereocenters. The zero-order valence-electron chi connectivity index (χ0n) is 21.0. The van der Waals surface area contributed by atoms with Gasteiger partial charge in [-0.05, 0) is 60.0 Å². The van der Waals surface area contributed by atoms with Crippen LogP contribution in [0.25, 0.3) is 5.76 Å². The van der Waals surface area contributed by atoms with Crippen molar-refractivity contribution in [1.29, 1.82) is 0 Å². The fourth-order valence-electron chi connectivity index (χ4n) is 4.86. The van der Waals surface area contributed by atoms with Crippen molar-refractivity contribution in [1.82, 2.24) is 10.2 Å². The number of aliphatic hydroxyl groups is 1. The van der Waals surface area contributed by atoms with Gasteiger partial charge in [0.05, 0.1) is 11.6 Å². The van der Waals surface area contributed by atoms with Gasteiger partial charge in [-0.2, -0.15) is 0 Å². The molecule has 1 N–H and O–H groups in total. The van der Waals surface area contributed by atoms with E-state index in [1.165, 1.54) is 28.0 Å². The first-order valence-corrected chi connectivity index (χ1v) is 14.9. The Labute approximate surface area is 248 Å². The summed E-state index contributed by atoms with van der Waals surface area (Å²) in [6.07, 6.45) is 0.703. The molecule has 6 rings (SSSR count). The molecule has 0 saturated carbocycles. The van der Waals surface area contributed by atoms with Crippen LogP contribution in [0.3, 0.4) is 0 Å². The fourth-order valence-corrected chi connectivity index (χ4v) is 7.21. The van der Waals surface area contributed by atoms with E-state index in [1.54, 1.807) is 42.5 Å². The van der Waals surface area contributed by atoms with Crippen LogP contribution < -0.4 is 9.64 Å². The van der Waals surface area contributed by atoms with E-state index in [9.17, 15) is 14.7 Å². The number of rotatable bonds is 6. The van der Waals surface area contributed by atoms with E-state index in [1.807, 2.05) is 31.2 Å². The molecule has 0 radical (unpaired) electrons. The van der Waals surface area contributed by atoms with Gasteiger partial charge in [0, 0.05) is 27.8 Å². The van der Waals surface area contributed by atoms with E-state index >= 15 is 0 Å². The van der Waals surface area contributed by atoms with Crippen LogP contribution in [0, 0.1) is 0 Å². The van der Waals surface area contributed by atoms with Crippen molar-refractivity contribution >= 4 is 68.9 Å². The number of ether oxygens (including phenoxy) is 1. The Bertz CT molecular complexity index is 1690. The molecule has 2 aliphatic rings. The van der Waals surface area contributed by atoms with Crippen molar-refractivity contribution in [2.24, 2.45) is 0 Å². The van der Waals surface area contributed by atoms with Crippen molar-refractivity contribution in [2.75, 3.05) is 4.90 Å². The monoisotopic (exact) mass is 609 g/mol. The summed E-state index contributed by atoms with van der Waals surface area (Å²) in [6, 6.07) is 18.7. The number of amides is 1. The molecule has 1 amide bonds. The van der Waals surface area contributed by atoms with Crippen molar-refractivity contribution in [3.8, 4) is 5.75 Å². The maximum absolute atomic E-state index is 13.5. The van der Waals surface area contributed by atoms with Crippen molar-refractivity contribution < 1.29 is 19.4 Å². The van der Waals surface area contributed by atoms with Gasteiger partial charge in [-0.1, -0.05) is 76.6 Å². The highest BCUT2D eigenvalue weighted by molar-refractivity contribution is 8.00. The van der Waals surface area contributed by atoms with Crippen LogP contribution in [-0.2, 0) is 21.8 Å². The summed E-state index contributed by atoms with van der Waals surface area (Å²) in [5.74, 6) is -0.583. The molecule has 3 heterocycles. The topological polar surface area (TPSA) is 92.6 Å². The summed E-state index contributed by atoms with van der Waals surface area (Å²) in [6.45, 7) is 1.97. The van der Waals surface area contributed by atoms with Crippen LogP contribution in [0.5, 0.6) is 5.75 Å². The third-order valence-electron chi connectivity index (χ3n) is 6.69. The van der Waals surface area contributed by atoms with Crippen LogP contribution in [0.1, 0.15) is 35.2 Å². The number of aromatic nitrogens is 2. The molecule has 1 aromatic heterocycles. The van der Waals surface area contributed by atoms with Gasteiger partial charge < -0.3 is 9.84 Å². The molecule has 1 fully saturated rings. The standard InChI is InChI=1S/C29H21Cl2N3O4S2/c1-15-11-19-12-17(9-10-22(19)38-15)25(35)23-24(16-6-4-7-20(30)13-16)34(27(37)26(23)36)28-32-33-29(40-28)39-14-18-5-2-3-8-21(18)31/h2-10,12-13,15,24,35H,11,14H2,1H3/t15-,24-/m0/s1. The molecule has 3 aromatic carbocycles. The summed E-state index contributed by atoms with van der Waals surface area (Å²) in [7, 11) is 0. The fraction of sp³-hybridized carbons (Fsp3) is 0.172. The van der Waals surface area contributed by atoms with E-state index in [-0.39, 0.29) is 22.6 Å². The van der Waals surface area contributed by atoms with Crippen LogP contribution in [0.15, 0.2) is 76.6 Å². The molecule has 0 spiro atoms. The number of benzene rings is 3. The normalized spacial score (nSPS) is 19.6. The number of hydrogen-bond donors (Lipinski definition) is 1. The highest BCUT2D eigenvalue weighted by Crippen LogP contribution is 2.45. The van der Waals surface area contributed by atoms with E-state index in [2.05, 4.69) is 10.2 Å². The molecule has 2 atom stereocenters. The minimum atomic E-state index is -0.948. The molecular weight excluding hydrogens is 589 g/mol. The first kappa shape index (κ1) is 26.8. The molecule has 40 heavy (non-hydrogen) atoms. The maximum atomic E-state index is 13.5. The largest absolute Gasteiger partial charge is 0.507 e. The Hall–Kier alpha value is -3.37. The Morgan fingerprint density at radius 2 is 1.93 bits per heavy atom. The number of anilines is 1. The summed E-state index contributed by atoms with van der Waals surface area (Å²) < 4.78 is 6.38. The maximum Gasteiger partial charge on any atom is 0.301 e. The van der Waals surface area contributed by atoms with Gasteiger partial charge in [0.15, 0.2) is 4.34 Å². The molecule has 2 aliphatic heterocycles. The SMILES string of the molecule is C[C@H]1Cc2cc(C(O)=C3C(=O)C(=O)N(c4nnc(SCc5ccccc5Cl)s4)[C@H]3c3cccc(Cl)c3)ccc2O1. The Balaban J connectivity index is 1.39. The molecule has 0 aliphatic carbocycles. The highest BCUT2D eigenvalue weighted by Gasteiger charge is 2.48. The average Bonchev–Trinajstić information content (AvgIpc) is 3.63. The minimum Gasteiger partial charge on any atom is -0.507 e. The van der Waals surface area contributed by atoms with Gasteiger partial charge >= 0.3 is 5.91 Å². The van der Waals surface area contributed by atoms with E-state index in [0.717, 1.165) is 16.9 Å². The first-order valence-electron chi connectivity index (χ1n) is 12.4. The predicted molar refractivity (Wildman–Crippen MR) is 157 cm³/mol. The lowest BCUT2D eigenvalue weighted by molar-refractivity contribution is -0.132. The number of nitrogens with zero attached hydrogens (tertiary/aromatic N) is 3. The van der Waals surface area contributed by atoms with Gasteiger partial charge in [-0.25, -0.2) is 0 Å². The number of carbonyl (C=O) groups is 2. The minimum absolute atomic E-state index is 0.0202. The highest BCUT2D eigenvalue weighted by atomic mass is 35.5. The smallest absolute Gasteiger partial charge is 0.301 e. The quantitative estimate of drug-likeness (QED) is 0.0820. The van der Waals surface area contributed by atoms with Gasteiger partial charge in [0.1, 0.15) is 17.6 Å². The first-order chi connectivity index (χ1) is 19.3. The number of Topliss-reactive ketones (excluding diaryl/α,β-unsaturated/α-hetero) is 1. The summed E-state index contributed by atoms with van der Waals surface area (Å²) in [4.78, 5) is 28.2. The Morgan fingerprint density at radius 1 is 1.10 bits per heavy atom. The number of thioether (sulfide) groups is 1. The van der Waals surface area contributed by atoms with Gasteiger partial charge in [0.25, 0.3) is 5.78 Å². The third-order valence-corrected chi connectivity index (χ3v) is 9.40. The zero-order valence-corrected chi connectivity index (χ0v) is 24.2. The number of fused-ring (bicyclic) bond motifs is 1. The average molecular weight is 611 g/mol. The lowest BCUT2D eigenvalue weighted by Gasteiger charge is -2.22. The lowest BCUT2D eigenvalue weighted by Crippen LogP contribution is -2.29. The molecular formula is C29H21Cl2N3O4S2. The number of halogens is 2. The summed E-state index contributed by atoms with van der Waals surface area (Å²) in [5.41, 5.74) is 2.81. The van der Waals surface area contributed by atoms with Crippen LogP contribution in [-0.4, -0.2) is 33.1 Å². The number of hydrogen-bond acceptors (Lipinski definition) is 8. The predicted octanol–water partition coefficient (Wildman–Crippen LogP) is 7.09. The van der Waals surface area contributed by atoms with Crippen molar-refractivity contribution in [3.63, 3.8) is 0 Å². The van der Waals surface area contributed by atoms with Crippen LogP contribution in [0.2, 0.25) is 10.0 Å². The molecule has 202 valence electrons. The second-order valence-corrected chi connectivity index (χ2v) is 12.4. The van der Waals surface area contributed by atoms with Crippen LogP contribution >= 0.6 is 46.3 Å². The number of carbonyl (C=O) groups excluding carboxylic acids is 2. The van der Waals surface area contributed by atoms with Crippen molar-refractivity contribution in [3.05, 3.63) is 105 Å². The number of aliphatic hydroxyl groups excluding tert-OH is 1. The van der Waals surface area contributed by atoms with Crippen molar-refractivity contribution in [2.45, 2.75) is 35.6 Å².